The maximum absolute atomic E-state index is 11.1. The van der Waals surface area contributed by atoms with Crippen molar-refractivity contribution in [3.63, 3.8) is 0 Å². The van der Waals surface area contributed by atoms with Gasteiger partial charge in [-0.3, -0.25) is 4.79 Å². The van der Waals surface area contributed by atoms with Gasteiger partial charge < -0.3 is 15.7 Å². The molecule has 92 valence electrons. The molecule has 0 aliphatic carbocycles. The van der Waals surface area contributed by atoms with E-state index in [1.807, 2.05) is 0 Å². The molecule has 0 rings (SSSR count). The van der Waals surface area contributed by atoms with Gasteiger partial charge in [0.1, 0.15) is 0 Å². The molecule has 0 bridgehead atoms. The first kappa shape index (κ1) is 15.0. The number of hydrogen-bond acceptors (Lipinski definition) is 2. The molecule has 0 aromatic heterocycles. The Morgan fingerprint density at radius 2 is 2.06 bits per heavy atom. The SMILES string of the molecule is C=C(Br)CNC(=O)NCCCC(C)C(=O)O. The predicted octanol–water partition coefficient (Wildman–Crippen LogP) is 1.70. The fourth-order valence-corrected chi connectivity index (χ4v) is 1.11. The quantitative estimate of drug-likeness (QED) is 0.625. The van der Waals surface area contributed by atoms with Crippen LogP contribution in [-0.4, -0.2) is 30.2 Å². The summed E-state index contributed by atoms with van der Waals surface area (Å²) in [4.78, 5) is 21.6. The van der Waals surface area contributed by atoms with Gasteiger partial charge in [0, 0.05) is 11.0 Å². The van der Waals surface area contributed by atoms with Crippen LogP contribution in [0.4, 0.5) is 4.79 Å². The smallest absolute Gasteiger partial charge is 0.315 e. The average Bonchev–Trinajstić information content (AvgIpc) is 2.20. The number of carboxylic acids is 1. The highest BCUT2D eigenvalue weighted by atomic mass is 79.9. The van der Waals surface area contributed by atoms with E-state index >= 15 is 0 Å². The fraction of sp³-hybridized carbons (Fsp3) is 0.600. The van der Waals surface area contributed by atoms with Crippen LogP contribution < -0.4 is 10.6 Å². The molecule has 0 heterocycles. The Hall–Kier alpha value is -1.04. The first-order valence-electron chi connectivity index (χ1n) is 5.01. The van der Waals surface area contributed by atoms with Crippen molar-refractivity contribution in [1.29, 1.82) is 0 Å². The number of aliphatic carboxylic acids is 1. The Balaban J connectivity index is 3.48. The zero-order chi connectivity index (χ0) is 12.6. The first-order chi connectivity index (χ1) is 7.43. The zero-order valence-corrected chi connectivity index (χ0v) is 10.8. The van der Waals surface area contributed by atoms with Crippen LogP contribution in [0.5, 0.6) is 0 Å². The topological polar surface area (TPSA) is 78.4 Å². The maximum atomic E-state index is 11.1. The van der Waals surface area contributed by atoms with Crippen molar-refractivity contribution >= 4 is 27.9 Å². The van der Waals surface area contributed by atoms with Gasteiger partial charge in [-0.2, -0.15) is 0 Å². The molecule has 5 nitrogen and oxygen atoms in total. The molecule has 0 saturated heterocycles. The van der Waals surface area contributed by atoms with E-state index in [4.69, 9.17) is 5.11 Å². The molecule has 2 amide bonds. The van der Waals surface area contributed by atoms with Gasteiger partial charge in [-0.05, 0) is 12.8 Å². The molecule has 0 aliphatic rings. The van der Waals surface area contributed by atoms with Crippen molar-refractivity contribution in [2.24, 2.45) is 5.92 Å². The van der Waals surface area contributed by atoms with Crippen LogP contribution in [-0.2, 0) is 4.79 Å². The molecule has 6 heteroatoms. The summed E-state index contributed by atoms with van der Waals surface area (Å²) in [7, 11) is 0. The van der Waals surface area contributed by atoms with Gasteiger partial charge in [0.2, 0.25) is 0 Å². The van der Waals surface area contributed by atoms with Gasteiger partial charge in [-0.1, -0.05) is 29.4 Å². The molecule has 1 unspecified atom stereocenters. The average molecular weight is 293 g/mol. The standard InChI is InChI=1S/C10H17BrN2O3/c1-7(9(14)15)4-3-5-12-10(16)13-6-8(2)11/h7H,2-6H2,1H3,(H,14,15)(H2,12,13,16). The number of carboxylic acid groups (broad SMARTS) is 1. The van der Waals surface area contributed by atoms with E-state index in [1.54, 1.807) is 6.92 Å². The Labute approximate surface area is 103 Å². The van der Waals surface area contributed by atoms with Gasteiger partial charge in [0.25, 0.3) is 0 Å². The summed E-state index contributed by atoms with van der Waals surface area (Å²) < 4.78 is 0.696. The molecule has 0 radical (unpaired) electrons. The molecular formula is C10H17BrN2O3. The summed E-state index contributed by atoms with van der Waals surface area (Å²) in [5, 5.41) is 13.8. The molecular weight excluding hydrogens is 276 g/mol. The molecule has 1 atom stereocenters. The van der Waals surface area contributed by atoms with E-state index in [-0.39, 0.29) is 11.9 Å². The summed E-state index contributed by atoms with van der Waals surface area (Å²) in [6, 6.07) is -0.274. The lowest BCUT2D eigenvalue weighted by atomic mass is 10.1. The van der Waals surface area contributed by atoms with E-state index in [2.05, 4.69) is 33.1 Å². The maximum Gasteiger partial charge on any atom is 0.315 e. The molecule has 0 aromatic carbocycles. The van der Waals surface area contributed by atoms with E-state index in [9.17, 15) is 9.59 Å². The van der Waals surface area contributed by atoms with Crippen LogP contribution in [0.2, 0.25) is 0 Å². The number of hydrogen-bond donors (Lipinski definition) is 3. The van der Waals surface area contributed by atoms with Crippen molar-refractivity contribution in [3.05, 3.63) is 11.1 Å². The van der Waals surface area contributed by atoms with Crippen molar-refractivity contribution in [2.45, 2.75) is 19.8 Å². The van der Waals surface area contributed by atoms with Crippen LogP contribution in [0, 0.1) is 5.92 Å². The highest BCUT2D eigenvalue weighted by molar-refractivity contribution is 9.11. The summed E-state index contributed by atoms with van der Waals surface area (Å²) in [6.07, 6.45) is 1.21. The second-order valence-corrected chi connectivity index (χ2v) is 4.63. The minimum atomic E-state index is -0.806. The third-order valence-electron chi connectivity index (χ3n) is 1.96. The van der Waals surface area contributed by atoms with Gasteiger partial charge in [-0.15, -0.1) is 0 Å². The third-order valence-corrected chi connectivity index (χ3v) is 2.24. The Kier molecular flexibility index (Phi) is 7.62. The molecule has 3 N–H and O–H groups in total. The van der Waals surface area contributed by atoms with Crippen LogP contribution in [0.3, 0.4) is 0 Å². The van der Waals surface area contributed by atoms with Crippen LogP contribution in [0.25, 0.3) is 0 Å². The van der Waals surface area contributed by atoms with Crippen molar-refractivity contribution in [2.75, 3.05) is 13.1 Å². The van der Waals surface area contributed by atoms with E-state index < -0.39 is 5.97 Å². The summed E-state index contributed by atoms with van der Waals surface area (Å²) >= 11 is 3.12. The second kappa shape index (κ2) is 8.15. The van der Waals surface area contributed by atoms with Crippen LogP contribution in [0.1, 0.15) is 19.8 Å². The molecule has 0 spiro atoms. The summed E-state index contributed by atoms with van der Waals surface area (Å²) in [5.74, 6) is -1.17. The van der Waals surface area contributed by atoms with E-state index in [0.717, 1.165) is 0 Å². The highest BCUT2D eigenvalue weighted by Gasteiger charge is 2.09. The Bertz CT molecular complexity index is 269. The molecule has 0 saturated carbocycles. The minimum Gasteiger partial charge on any atom is -0.481 e. The second-order valence-electron chi connectivity index (χ2n) is 3.51. The van der Waals surface area contributed by atoms with E-state index in [0.29, 0.717) is 30.4 Å². The van der Waals surface area contributed by atoms with Gasteiger partial charge in [-0.25, -0.2) is 4.79 Å². The number of halogens is 1. The summed E-state index contributed by atoms with van der Waals surface area (Å²) in [6.45, 7) is 6.07. The van der Waals surface area contributed by atoms with Gasteiger partial charge in [0.05, 0.1) is 12.5 Å². The Morgan fingerprint density at radius 3 is 2.56 bits per heavy atom. The minimum absolute atomic E-state index is 0.274. The lowest BCUT2D eigenvalue weighted by molar-refractivity contribution is -0.141. The number of nitrogens with one attached hydrogen (secondary N) is 2. The molecule has 0 aliphatic heterocycles. The number of carbonyl (C=O) groups excluding carboxylic acids is 1. The van der Waals surface area contributed by atoms with Crippen molar-refractivity contribution in [3.8, 4) is 0 Å². The molecule has 16 heavy (non-hydrogen) atoms. The Morgan fingerprint density at radius 1 is 1.44 bits per heavy atom. The number of amides is 2. The monoisotopic (exact) mass is 292 g/mol. The zero-order valence-electron chi connectivity index (χ0n) is 9.25. The first-order valence-corrected chi connectivity index (χ1v) is 5.80. The van der Waals surface area contributed by atoms with Crippen molar-refractivity contribution in [1.82, 2.24) is 10.6 Å². The largest absolute Gasteiger partial charge is 0.481 e. The summed E-state index contributed by atoms with van der Waals surface area (Å²) in [5.41, 5.74) is 0. The van der Waals surface area contributed by atoms with Gasteiger partial charge >= 0.3 is 12.0 Å². The normalized spacial score (nSPS) is 11.6. The highest BCUT2D eigenvalue weighted by Crippen LogP contribution is 2.04. The number of rotatable bonds is 7. The lowest BCUT2D eigenvalue weighted by Crippen LogP contribution is -2.36. The fourth-order valence-electron chi connectivity index (χ4n) is 0.972. The number of carbonyl (C=O) groups is 2. The van der Waals surface area contributed by atoms with Crippen molar-refractivity contribution < 1.29 is 14.7 Å². The molecule has 0 aromatic rings. The lowest BCUT2D eigenvalue weighted by Gasteiger charge is -2.08. The van der Waals surface area contributed by atoms with Crippen LogP contribution >= 0.6 is 15.9 Å². The molecule has 0 fully saturated rings. The van der Waals surface area contributed by atoms with Gasteiger partial charge in [0.15, 0.2) is 0 Å². The number of urea groups is 1. The van der Waals surface area contributed by atoms with Crippen LogP contribution in [0.15, 0.2) is 11.1 Å². The predicted molar refractivity (Wildman–Crippen MR) is 65.5 cm³/mol. The third kappa shape index (κ3) is 8.28. The van der Waals surface area contributed by atoms with E-state index in [1.165, 1.54) is 0 Å².